The van der Waals surface area contributed by atoms with E-state index in [0.717, 1.165) is 27.1 Å². The van der Waals surface area contributed by atoms with Crippen molar-refractivity contribution in [2.45, 2.75) is 13.5 Å². The molecule has 30 heavy (non-hydrogen) atoms. The highest BCUT2D eigenvalue weighted by Crippen LogP contribution is 2.32. The Bertz CT molecular complexity index is 1160. The molecule has 0 unspecified atom stereocenters. The lowest BCUT2D eigenvalue weighted by Gasteiger charge is -2.20. The Kier molecular flexibility index (Phi) is 5.90. The summed E-state index contributed by atoms with van der Waals surface area (Å²) < 4.78 is 12.1. The summed E-state index contributed by atoms with van der Waals surface area (Å²) in [5, 5.41) is 0.612. The number of rotatable bonds is 7. The minimum Gasteiger partial charge on any atom is -0.497 e. The van der Waals surface area contributed by atoms with Crippen LogP contribution in [-0.4, -0.2) is 29.6 Å². The largest absolute Gasteiger partial charge is 0.497 e. The number of ether oxygens (including phenoxy) is 2. The summed E-state index contributed by atoms with van der Waals surface area (Å²) in [4.78, 5) is 23.6. The van der Waals surface area contributed by atoms with Gasteiger partial charge < -0.3 is 9.47 Å². The molecule has 4 rings (SSSR count). The molecule has 0 saturated carbocycles. The Morgan fingerprint density at radius 3 is 2.77 bits per heavy atom. The van der Waals surface area contributed by atoms with Crippen molar-refractivity contribution < 1.29 is 14.3 Å². The van der Waals surface area contributed by atoms with E-state index in [-0.39, 0.29) is 12.5 Å². The van der Waals surface area contributed by atoms with Crippen LogP contribution in [0.25, 0.3) is 10.2 Å². The number of anilines is 1. The summed E-state index contributed by atoms with van der Waals surface area (Å²) in [6, 6.07) is 17.1. The molecule has 6 nitrogen and oxygen atoms in total. The van der Waals surface area contributed by atoms with Gasteiger partial charge in [-0.1, -0.05) is 35.6 Å². The van der Waals surface area contributed by atoms with Gasteiger partial charge in [0.1, 0.15) is 11.5 Å². The first-order valence-corrected chi connectivity index (χ1v) is 10.3. The number of nitrogens with zero attached hydrogens (tertiary/aromatic N) is 3. The average molecular weight is 420 g/mol. The molecule has 2 heterocycles. The van der Waals surface area contributed by atoms with Crippen molar-refractivity contribution in [2.75, 3.05) is 18.6 Å². The van der Waals surface area contributed by atoms with E-state index < -0.39 is 0 Å². The van der Waals surface area contributed by atoms with Gasteiger partial charge >= 0.3 is 0 Å². The second-order valence-electron chi connectivity index (χ2n) is 6.73. The molecule has 0 N–H and O–H groups in total. The van der Waals surface area contributed by atoms with Gasteiger partial charge in [-0.15, -0.1) is 0 Å². The van der Waals surface area contributed by atoms with Crippen LogP contribution >= 0.6 is 11.3 Å². The quantitative estimate of drug-likeness (QED) is 0.437. The zero-order valence-electron chi connectivity index (χ0n) is 16.7. The van der Waals surface area contributed by atoms with Crippen molar-refractivity contribution in [3.63, 3.8) is 0 Å². The van der Waals surface area contributed by atoms with Gasteiger partial charge in [-0.25, -0.2) is 4.98 Å². The number of para-hydroxylation sites is 1. The van der Waals surface area contributed by atoms with Gasteiger partial charge in [-0.2, -0.15) is 0 Å². The molecule has 0 saturated heterocycles. The number of amides is 1. The van der Waals surface area contributed by atoms with Gasteiger partial charge in [0.25, 0.3) is 5.91 Å². The zero-order valence-corrected chi connectivity index (χ0v) is 17.6. The molecule has 0 spiro atoms. The van der Waals surface area contributed by atoms with E-state index in [4.69, 9.17) is 9.47 Å². The summed E-state index contributed by atoms with van der Waals surface area (Å²) in [6.45, 7) is 2.24. The van der Waals surface area contributed by atoms with Gasteiger partial charge in [-0.3, -0.25) is 14.7 Å². The van der Waals surface area contributed by atoms with E-state index in [2.05, 4.69) is 9.97 Å². The third kappa shape index (κ3) is 4.41. The lowest BCUT2D eigenvalue weighted by molar-refractivity contribution is -0.120. The summed E-state index contributed by atoms with van der Waals surface area (Å²) in [5.41, 5.74) is 2.69. The number of carbonyl (C=O) groups excluding carboxylic acids is 1. The molecule has 4 aromatic rings. The standard InChI is InChI=1S/C23H21N3O3S/c1-16-6-3-4-8-20(16)29-15-22(27)26(14-17-7-5-11-24-13-17)23-25-19-12-18(28-2)9-10-21(19)30-23/h3-13H,14-15H2,1-2H3. The average Bonchev–Trinajstić information content (AvgIpc) is 3.20. The highest BCUT2D eigenvalue weighted by Gasteiger charge is 2.21. The van der Waals surface area contributed by atoms with E-state index in [9.17, 15) is 4.79 Å². The normalized spacial score (nSPS) is 10.7. The van der Waals surface area contributed by atoms with Crippen LogP contribution in [0.3, 0.4) is 0 Å². The van der Waals surface area contributed by atoms with Gasteiger partial charge in [0, 0.05) is 18.5 Å². The highest BCUT2D eigenvalue weighted by atomic mass is 32.1. The Morgan fingerprint density at radius 2 is 2.00 bits per heavy atom. The molecule has 7 heteroatoms. The van der Waals surface area contributed by atoms with Crippen LogP contribution in [0.2, 0.25) is 0 Å². The van der Waals surface area contributed by atoms with Gasteiger partial charge in [-0.05, 0) is 42.3 Å². The first kappa shape index (κ1) is 19.8. The highest BCUT2D eigenvalue weighted by molar-refractivity contribution is 7.22. The molecule has 152 valence electrons. The molecule has 0 aliphatic heterocycles. The molecule has 2 aromatic heterocycles. The van der Waals surface area contributed by atoms with Crippen LogP contribution in [0.5, 0.6) is 11.5 Å². The van der Waals surface area contributed by atoms with Crippen molar-refractivity contribution in [3.05, 3.63) is 78.1 Å². The monoisotopic (exact) mass is 419 g/mol. The fourth-order valence-corrected chi connectivity index (χ4v) is 3.97. The predicted octanol–water partition coefficient (Wildman–Crippen LogP) is 4.62. The number of hydrogen-bond donors (Lipinski definition) is 0. The Morgan fingerprint density at radius 1 is 1.13 bits per heavy atom. The summed E-state index contributed by atoms with van der Waals surface area (Å²) in [7, 11) is 1.62. The molecule has 0 atom stereocenters. The number of pyridine rings is 1. The maximum atomic E-state index is 13.2. The van der Waals surface area contributed by atoms with Crippen molar-refractivity contribution in [1.82, 2.24) is 9.97 Å². The molecule has 0 radical (unpaired) electrons. The van der Waals surface area contributed by atoms with Crippen molar-refractivity contribution in [2.24, 2.45) is 0 Å². The summed E-state index contributed by atoms with van der Waals surface area (Å²) in [6.07, 6.45) is 3.46. The number of benzene rings is 2. The first-order chi connectivity index (χ1) is 14.6. The lowest BCUT2D eigenvalue weighted by atomic mass is 10.2. The minimum atomic E-state index is -0.173. The van der Waals surface area contributed by atoms with E-state index in [1.165, 1.54) is 11.3 Å². The molecular weight excluding hydrogens is 398 g/mol. The van der Waals surface area contributed by atoms with Crippen molar-refractivity contribution >= 4 is 32.6 Å². The number of aryl methyl sites for hydroxylation is 1. The smallest absolute Gasteiger partial charge is 0.267 e. The number of thiazole rings is 1. The summed E-state index contributed by atoms with van der Waals surface area (Å²) >= 11 is 1.46. The van der Waals surface area contributed by atoms with Crippen LogP contribution in [0, 0.1) is 6.92 Å². The number of fused-ring (bicyclic) bond motifs is 1. The van der Waals surface area contributed by atoms with E-state index in [0.29, 0.717) is 17.4 Å². The van der Waals surface area contributed by atoms with Gasteiger partial charge in [0.2, 0.25) is 0 Å². The van der Waals surface area contributed by atoms with E-state index >= 15 is 0 Å². The third-order valence-electron chi connectivity index (χ3n) is 4.62. The molecule has 1 amide bonds. The fourth-order valence-electron chi connectivity index (χ4n) is 3.01. The molecule has 0 fully saturated rings. The predicted molar refractivity (Wildman–Crippen MR) is 118 cm³/mol. The molecule has 0 aliphatic carbocycles. The lowest BCUT2D eigenvalue weighted by Crippen LogP contribution is -2.34. The van der Waals surface area contributed by atoms with Crippen LogP contribution in [0.15, 0.2) is 67.0 Å². The number of hydrogen-bond acceptors (Lipinski definition) is 6. The van der Waals surface area contributed by atoms with Crippen LogP contribution in [0.1, 0.15) is 11.1 Å². The Hall–Kier alpha value is -3.45. The summed E-state index contributed by atoms with van der Waals surface area (Å²) in [5.74, 6) is 1.25. The number of carbonyl (C=O) groups is 1. The molecule has 2 aromatic carbocycles. The van der Waals surface area contributed by atoms with Gasteiger partial charge in [0.15, 0.2) is 11.7 Å². The van der Waals surface area contributed by atoms with Crippen molar-refractivity contribution in [3.8, 4) is 11.5 Å². The first-order valence-electron chi connectivity index (χ1n) is 9.46. The molecule has 0 bridgehead atoms. The van der Waals surface area contributed by atoms with E-state index in [1.807, 2.05) is 61.5 Å². The van der Waals surface area contributed by atoms with Crippen LogP contribution in [-0.2, 0) is 11.3 Å². The van der Waals surface area contributed by atoms with Crippen LogP contribution in [0.4, 0.5) is 5.13 Å². The van der Waals surface area contributed by atoms with Gasteiger partial charge in [0.05, 0.1) is 23.9 Å². The maximum absolute atomic E-state index is 13.2. The Labute approximate surface area is 178 Å². The van der Waals surface area contributed by atoms with E-state index in [1.54, 1.807) is 24.4 Å². The third-order valence-corrected chi connectivity index (χ3v) is 5.68. The van der Waals surface area contributed by atoms with Crippen molar-refractivity contribution in [1.29, 1.82) is 0 Å². The second kappa shape index (κ2) is 8.92. The van der Waals surface area contributed by atoms with Crippen LogP contribution < -0.4 is 14.4 Å². The SMILES string of the molecule is COc1ccc2sc(N(Cc3cccnc3)C(=O)COc3ccccc3C)nc2c1. The molecule has 0 aliphatic rings. The number of methoxy groups -OCH3 is 1. The minimum absolute atomic E-state index is 0.0790. The second-order valence-corrected chi connectivity index (χ2v) is 7.73. The molecular formula is C23H21N3O3S. The zero-order chi connectivity index (χ0) is 20.9. The number of aromatic nitrogens is 2. The Balaban J connectivity index is 1.62. The fraction of sp³-hybridized carbons (Fsp3) is 0.174. The topological polar surface area (TPSA) is 64.5 Å². The maximum Gasteiger partial charge on any atom is 0.267 e.